The van der Waals surface area contributed by atoms with E-state index < -0.39 is 0 Å². The van der Waals surface area contributed by atoms with Crippen molar-refractivity contribution in [3.8, 4) is 0 Å². The van der Waals surface area contributed by atoms with E-state index in [0.717, 1.165) is 0 Å². The van der Waals surface area contributed by atoms with Crippen LogP contribution in [0, 0.1) is 12.7 Å². The molecule has 0 radical (unpaired) electrons. The van der Waals surface area contributed by atoms with Crippen LogP contribution in [-0.4, -0.2) is 19.9 Å². The normalized spacial score (nSPS) is 10.9. The average Bonchev–Trinajstić information content (AvgIpc) is 2.82. The monoisotopic (exact) mass is 277 g/mol. The van der Waals surface area contributed by atoms with Crippen molar-refractivity contribution in [1.82, 2.24) is 19.9 Å². The molecule has 0 aliphatic heterocycles. The zero-order valence-electron chi connectivity index (χ0n) is 9.91. The molecule has 0 fully saturated rings. The molecule has 0 aliphatic rings. The second-order valence-corrected chi connectivity index (χ2v) is 4.37. The van der Waals surface area contributed by atoms with Gasteiger partial charge in [0.05, 0.1) is 6.33 Å². The number of aryl methyl sites for hydroxylation is 1. The highest BCUT2D eigenvalue weighted by molar-refractivity contribution is 6.28. The molecule has 3 rings (SSSR count). The summed E-state index contributed by atoms with van der Waals surface area (Å²) in [6, 6.07) is 4.84. The highest BCUT2D eigenvalue weighted by Gasteiger charge is 2.09. The van der Waals surface area contributed by atoms with Crippen LogP contribution >= 0.6 is 11.6 Å². The first kappa shape index (κ1) is 11.9. The summed E-state index contributed by atoms with van der Waals surface area (Å²) < 4.78 is 13.5. The maximum atomic E-state index is 13.5. The van der Waals surface area contributed by atoms with E-state index in [9.17, 15) is 4.39 Å². The number of hydrogen-bond donors (Lipinski definition) is 2. The van der Waals surface area contributed by atoms with E-state index in [-0.39, 0.29) is 11.1 Å². The molecule has 2 heterocycles. The Hall–Kier alpha value is -2.21. The van der Waals surface area contributed by atoms with Crippen LogP contribution in [0.1, 0.15) is 5.56 Å². The Morgan fingerprint density at radius 3 is 2.95 bits per heavy atom. The van der Waals surface area contributed by atoms with E-state index in [2.05, 4.69) is 25.3 Å². The number of benzene rings is 1. The molecule has 19 heavy (non-hydrogen) atoms. The van der Waals surface area contributed by atoms with E-state index in [4.69, 9.17) is 11.6 Å². The number of nitrogens with zero attached hydrogens (tertiary/aromatic N) is 3. The zero-order chi connectivity index (χ0) is 13.4. The van der Waals surface area contributed by atoms with Gasteiger partial charge < -0.3 is 10.3 Å². The van der Waals surface area contributed by atoms with E-state index in [1.54, 1.807) is 19.1 Å². The minimum atomic E-state index is -0.286. The summed E-state index contributed by atoms with van der Waals surface area (Å²) in [5, 5.41) is 3.07. The molecule has 0 bridgehead atoms. The van der Waals surface area contributed by atoms with Crippen molar-refractivity contribution in [1.29, 1.82) is 0 Å². The fraction of sp³-hybridized carbons (Fsp3) is 0.0833. The first-order chi connectivity index (χ1) is 9.13. The maximum absolute atomic E-state index is 13.5. The lowest BCUT2D eigenvalue weighted by atomic mass is 10.2. The Morgan fingerprint density at radius 2 is 2.16 bits per heavy atom. The smallest absolute Gasteiger partial charge is 0.226 e. The number of aromatic amines is 1. The van der Waals surface area contributed by atoms with Gasteiger partial charge in [0.25, 0.3) is 0 Å². The summed E-state index contributed by atoms with van der Waals surface area (Å²) in [6.45, 7) is 1.70. The number of rotatable bonds is 2. The standard InChI is InChI=1S/C12H9ClFN5/c1-6-2-3-7(4-8(6)14)17-11-9-10(16-5-15-9)18-12(13)19-11/h2-5H,1H3,(H2,15,16,17,18,19). The Balaban J connectivity index is 2.04. The summed E-state index contributed by atoms with van der Waals surface area (Å²) >= 11 is 5.81. The van der Waals surface area contributed by atoms with Crippen LogP contribution in [0.2, 0.25) is 5.28 Å². The van der Waals surface area contributed by atoms with Crippen molar-refractivity contribution >= 4 is 34.3 Å². The number of nitrogens with one attached hydrogen (secondary N) is 2. The molecule has 0 spiro atoms. The van der Waals surface area contributed by atoms with Gasteiger partial charge in [0.1, 0.15) is 11.3 Å². The van der Waals surface area contributed by atoms with Crippen molar-refractivity contribution < 1.29 is 4.39 Å². The fourth-order valence-electron chi connectivity index (χ4n) is 1.70. The van der Waals surface area contributed by atoms with Crippen molar-refractivity contribution in [3.63, 3.8) is 0 Å². The van der Waals surface area contributed by atoms with Gasteiger partial charge in [0, 0.05) is 5.69 Å². The minimum Gasteiger partial charge on any atom is -0.340 e. The third kappa shape index (κ3) is 2.22. The SMILES string of the molecule is Cc1ccc(Nc2nc(Cl)nc3nc[nH]c23)cc1F. The highest BCUT2D eigenvalue weighted by atomic mass is 35.5. The van der Waals surface area contributed by atoms with Crippen LogP contribution < -0.4 is 5.32 Å². The summed E-state index contributed by atoms with van der Waals surface area (Å²) in [5.41, 5.74) is 2.23. The fourth-order valence-corrected chi connectivity index (χ4v) is 1.87. The first-order valence-corrected chi connectivity index (χ1v) is 5.91. The van der Waals surface area contributed by atoms with Crippen LogP contribution in [0.3, 0.4) is 0 Å². The van der Waals surface area contributed by atoms with Crippen LogP contribution in [0.25, 0.3) is 11.2 Å². The Kier molecular flexibility index (Phi) is 2.79. The van der Waals surface area contributed by atoms with Gasteiger partial charge in [0.2, 0.25) is 5.28 Å². The van der Waals surface area contributed by atoms with Gasteiger partial charge in [-0.25, -0.2) is 9.37 Å². The molecule has 3 aromatic rings. The lowest BCUT2D eigenvalue weighted by Gasteiger charge is -2.07. The lowest BCUT2D eigenvalue weighted by Crippen LogP contribution is -1.98. The molecule has 0 aliphatic carbocycles. The number of anilines is 2. The molecular formula is C12H9ClFN5. The molecule has 0 unspecified atom stereocenters. The van der Waals surface area contributed by atoms with Crippen molar-refractivity contribution in [2.75, 3.05) is 5.32 Å². The molecule has 0 atom stereocenters. The van der Waals surface area contributed by atoms with Gasteiger partial charge in [-0.05, 0) is 36.2 Å². The summed E-state index contributed by atoms with van der Waals surface area (Å²) in [6.07, 6.45) is 1.50. The topological polar surface area (TPSA) is 66.5 Å². The predicted octanol–water partition coefficient (Wildman–Crippen LogP) is 3.20. The van der Waals surface area contributed by atoms with Gasteiger partial charge >= 0.3 is 0 Å². The zero-order valence-corrected chi connectivity index (χ0v) is 10.7. The Morgan fingerprint density at radius 1 is 1.32 bits per heavy atom. The Labute approximate surface area is 112 Å². The highest BCUT2D eigenvalue weighted by Crippen LogP contribution is 2.23. The molecule has 7 heteroatoms. The van der Waals surface area contributed by atoms with E-state index >= 15 is 0 Å². The minimum absolute atomic E-state index is 0.0784. The number of H-pyrrole nitrogens is 1. The van der Waals surface area contributed by atoms with Crippen LogP contribution in [0.15, 0.2) is 24.5 Å². The molecule has 5 nitrogen and oxygen atoms in total. The summed E-state index contributed by atoms with van der Waals surface area (Å²) in [4.78, 5) is 15.0. The number of halogens is 2. The molecule has 2 N–H and O–H groups in total. The van der Waals surface area contributed by atoms with E-state index in [1.165, 1.54) is 12.4 Å². The molecule has 0 amide bonds. The number of hydrogen-bond acceptors (Lipinski definition) is 4. The summed E-state index contributed by atoms with van der Waals surface area (Å²) in [5.74, 6) is 0.168. The van der Waals surface area contributed by atoms with Gasteiger partial charge in [-0.3, -0.25) is 0 Å². The second kappa shape index (κ2) is 4.47. The van der Waals surface area contributed by atoms with Crippen LogP contribution in [-0.2, 0) is 0 Å². The van der Waals surface area contributed by atoms with Gasteiger partial charge in [-0.1, -0.05) is 6.07 Å². The summed E-state index contributed by atoms with van der Waals surface area (Å²) in [7, 11) is 0. The van der Waals surface area contributed by atoms with Gasteiger partial charge in [-0.15, -0.1) is 0 Å². The number of fused-ring (bicyclic) bond motifs is 1. The second-order valence-electron chi connectivity index (χ2n) is 4.03. The molecule has 1 aromatic carbocycles. The molecule has 0 saturated heterocycles. The molecule has 0 saturated carbocycles. The lowest BCUT2D eigenvalue weighted by molar-refractivity contribution is 0.619. The van der Waals surface area contributed by atoms with E-state index in [0.29, 0.717) is 28.2 Å². The van der Waals surface area contributed by atoms with Crippen molar-refractivity contribution in [3.05, 3.63) is 41.2 Å². The van der Waals surface area contributed by atoms with Crippen molar-refractivity contribution in [2.24, 2.45) is 0 Å². The quantitative estimate of drug-likeness (QED) is 0.706. The van der Waals surface area contributed by atoms with Crippen molar-refractivity contribution in [2.45, 2.75) is 6.92 Å². The largest absolute Gasteiger partial charge is 0.340 e. The molecule has 96 valence electrons. The maximum Gasteiger partial charge on any atom is 0.226 e. The molecular weight excluding hydrogens is 269 g/mol. The Bertz CT molecular complexity index is 755. The average molecular weight is 278 g/mol. The van der Waals surface area contributed by atoms with Crippen LogP contribution in [0.5, 0.6) is 0 Å². The predicted molar refractivity (Wildman–Crippen MR) is 71.1 cm³/mol. The number of aromatic nitrogens is 4. The van der Waals surface area contributed by atoms with Gasteiger partial charge in [-0.2, -0.15) is 9.97 Å². The van der Waals surface area contributed by atoms with Crippen LogP contribution in [0.4, 0.5) is 15.9 Å². The first-order valence-electron chi connectivity index (χ1n) is 5.53. The molecule has 2 aromatic heterocycles. The third-order valence-corrected chi connectivity index (χ3v) is 2.86. The van der Waals surface area contributed by atoms with Gasteiger partial charge in [0.15, 0.2) is 11.5 Å². The number of imidazole rings is 1. The van der Waals surface area contributed by atoms with E-state index in [1.807, 2.05) is 0 Å². The third-order valence-electron chi connectivity index (χ3n) is 2.69.